The van der Waals surface area contributed by atoms with E-state index in [1.165, 1.54) is 11.1 Å². The van der Waals surface area contributed by atoms with Crippen molar-refractivity contribution in [2.24, 2.45) is 11.8 Å². The summed E-state index contributed by atoms with van der Waals surface area (Å²) in [5, 5.41) is 15.5. The van der Waals surface area contributed by atoms with Gasteiger partial charge in [0.1, 0.15) is 0 Å². The molecular formula is C28H40GaIN4O2. The molecule has 0 saturated carbocycles. The SMILES string of the molecule is CC(C)C1=C/C(=C/NCCC[N-]CC[N-]CCCN/C=C2\C=C(C(C)C)C=CC2=O)C(=O)C=C1.[67Ga+3].[I-]. The summed E-state index contributed by atoms with van der Waals surface area (Å²) in [6.07, 6.45) is 16.5. The molecule has 0 heterocycles. The smallest absolute Gasteiger partial charge is 1.00 e. The number of halogens is 1. The summed E-state index contributed by atoms with van der Waals surface area (Å²) >= 11 is 0. The van der Waals surface area contributed by atoms with Crippen LogP contribution in [0.4, 0.5) is 0 Å². The maximum Gasteiger partial charge on any atom is 3.00 e. The molecule has 0 spiro atoms. The van der Waals surface area contributed by atoms with Crippen molar-refractivity contribution in [2.75, 3.05) is 39.3 Å². The second-order valence-corrected chi connectivity index (χ2v) is 9.15. The summed E-state index contributed by atoms with van der Waals surface area (Å²) in [5.41, 5.74) is 3.78. The van der Waals surface area contributed by atoms with Gasteiger partial charge >= 0.3 is 19.8 Å². The summed E-state index contributed by atoms with van der Waals surface area (Å²) in [4.78, 5) is 23.9. The molecule has 2 aliphatic rings. The van der Waals surface area contributed by atoms with Crippen molar-refractivity contribution in [2.45, 2.75) is 40.5 Å². The van der Waals surface area contributed by atoms with Crippen molar-refractivity contribution in [3.05, 3.63) is 81.8 Å². The third-order valence-corrected chi connectivity index (χ3v) is 5.61. The third-order valence-electron chi connectivity index (χ3n) is 5.61. The predicted octanol–water partition coefficient (Wildman–Crippen LogP) is 1.53. The molecular weight excluding hydrogens is 618 g/mol. The molecule has 2 aliphatic carbocycles. The molecule has 0 fully saturated rings. The van der Waals surface area contributed by atoms with E-state index in [9.17, 15) is 9.59 Å². The number of hydrogen-bond acceptors (Lipinski definition) is 4. The minimum atomic E-state index is 0. The van der Waals surface area contributed by atoms with E-state index in [0.717, 1.165) is 52.1 Å². The summed E-state index contributed by atoms with van der Waals surface area (Å²) in [7, 11) is 0. The molecule has 0 aromatic rings. The molecule has 0 saturated heterocycles. The average Bonchev–Trinajstić information content (AvgIpc) is 2.81. The van der Waals surface area contributed by atoms with E-state index in [1.807, 2.05) is 36.7 Å². The first kappa shape index (κ1) is 34.7. The maximum atomic E-state index is 11.9. The molecule has 0 radical (unpaired) electrons. The molecule has 2 N–H and O–H groups in total. The molecule has 0 atom stereocenters. The molecule has 0 unspecified atom stereocenters. The van der Waals surface area contributed by atoms with Crippen LogP contribution in [0.3, 0.4) is 0 Å². The van der Waals surface area contributed by atoms with Crippen LogP contribution in [0, 0.1) is 11.8 Å². The Bertz CT molecular complexity index is 814. The fourth-order valence-corrected chi connectivity index (χ4v) is 3.39. The van der Waals surface area contributed by atoms with Gasteiger partial charge in [0.05, 0.1) is 0 Å². The molecule has 6 nitrogen and oxygen atoms in total. The summed E-state index contributed by atoms with van der Waals surface area (Å²) in [6, 6.07) is 0. The maximum absolute atomic E-state index is 11.9. The summed E-state index contributed by atoms with van der Waals surface area (Å²) in [6.45, 7) is 13.1. The Morgan fingerprint density at radius 2 is 1.08 bits per heavy atom. The summed E-state index contributed by atoms with van der Waals surface area (Å²) in [5.74, 6) is 0.912. The second-order valence-electron chi connectivity index (χ2n) is 9.15. The zero-order valence-electron chi connectivity index (χ0n) is 22.1. The molecule has 0 aromatic heterocycles. The molecule has 0 aromatic carbocycles. The Hall–Kier alpha value is -1.33. The Morgan fingerprint density at radius 1 is 0.694 bits per heavy atom. The van der Waals surface area contributed by atoms with Crippen LogP contribution in [0.1, 0.15) is 40.5 Å². The van der Waals surface area contributed by atoms with Crippen molar-refractivity contribution in [3.63, 3.8) is 0 Å². The molecule has 8 heteroatoms. The third kappa shape index (κ3) is 13.3. The minimum absolute atomic E-state index is 0. The van der Waals surface area contributed by atoms with E-state index >= 15 is 0 Å². The van der Waals surface area contributed by atoms with E-state index in [0.29, 0.717) is 23.0 Å². The topological polar surface area (TPSA) is 86.4 Å². The van der Waals surface area contributed by atoms with Crippen molar-refractivity contribution in [3.8, 4) is 0 Å². The fourth-order valence-electron chi connectivity index (χ4n) is 3.39. The van der Waals surface area contributed by atoms with Gasteiger partial charge in [-0.3, -0.25) is 9.59 Å². The van der Waals surface area contributed by atoms with Crippen molar-refractivity contribution in [1.29, 1.82) is 0 Å². The number of carbonyl (C=O) groups excluding carboxylic acids is 2. The monoisotopic (exact) mass is 658 g/mol. The van der Waals surface area contributed by atoms with Gasteiger partial charge in [-0.25, -0.2) is 0 Å². The number of rotatable bonds is 15. The standard InChI is InChI=1S/C28H40N4O2.Ga.HI/c1-21(2)23-7-9-27(33)25(17-23)19-31-13-5-11-29-15-16-30-12-6-14-32-20-26-18-24(22(3)4)8-10-28(26)34;;/h7-10,17-22,31-32H,5-6,11-16H2,1-4H3;;1H/q-2;+3;/p-1/b25-19-,26-20+;;/i;1-3;. The van der Waals surface area contributed by atoms with E-state index in [4.69, 9.17) is 0 Å². The van der Waals surface area contributed by atoms with E-state index in [2.05, 4.69) is 49.0 Å². The van der Waals surface area contributed by atoms with Crippen LogP contribution in [-0.4, -0.2) is 70.6 Å². The number of ketones is 2. The second kappa shape index (κ2) is 19.7. The van der Waals surface area contributed by atoms with Crippen LogP contribution in [0.25, 0.3) is 10.6 Å². The van der Waals surface area contributed by atoms with Crippen LogP contribution in [0.2, 0.25) is 0 Å². The van der Waals surface area contributed by atoms with Crippen molar-refractivity contribution < 1.29 is 33.6 Å². The van der Waals surface area contributed by atoms with Gasteiger partial charge < -0.3 is 45.2 Å². The van der Waals surface area contributed by atoms with Crippen LogP contribution in [-0.2, 0) is 9.59 Å². The minimum Gasteiger partial charge on any atom is -1.00 e. The van der Waals surface area contributed by atoms with Gasteiger partial charge in [0, 0.05) is 36.6 Å². The van der Waals surface area contributed by atoms with Crippen molar-refractivity contribution >= 4 is 31.4 Å². The number of hydrogen-bond donors (Lipinski definition) is 2. The van der Waals surface area contributed by atoms with Crippen molar-refractivity contribution in [1.82, 2.24) is 10.6 Å². The predicted molar refractivity (Wildman–Crippen MR) is 147 cm³/mol. The van der Waals surface area contributed by atoms with Gasteiger partial charge in [-0.15, -0.1) is 13.1 Å². The van der Waals surface area contributed by atoms with Gasteiger partial charge in [-0.2, -0.15) is 13.1 Å². The molecule has 0 amide bonds. The van der Waals surface area contributed by atoms with Crippen LogP contribution < -0.4 is 34.6 Å². The van der Waals surface area contributed by atoms with Crippen LogP contribution >= 0.6 is 0 Å². The van der Waals surface area contributed by atoms with Gasteiger partial charge in [0.2, 0.25) is 0 Å². The number of allylic oxidation sites excluding steroid dienone is 10. The Kier molecular flexibility index (Phi) is 19.0. The Labute approximate surface area is 247 Å². The van der Waals surface area contributed by atoms with E-state index < -0.39 is 0 Å². The van der Waals surface area contributed by atoms with E-state index in [1.54, 1.807) is 12.2 Å². The first-order valence-corrected chi connectivity index (χ1v) is 12.4. The molecule has 0 bridgehead atoms. The zero-order chi connectivity index (χ0) is 24.8. The molecule has 36 heavy (non-hydrogen) atoms. The first-order chi connectivity index (χ1) is 16.4. The molecule has 0 aliphatic heterocycles. The molecule has 194 valence electrons. The van der Waals surface area contributed by atoms with Crippen LogP contribution in [0.15, 0.2) is 71.1 Å². The van der Waals surface area contributed by atoms with Gasteiger partial charge in [-0.05, 0) is 47.3 Å². The van der Waals surface area contributed by atoms with Gasteiger partial charge in [0.25, 0.3) is 0 Å². The Morgan fingerprint density at radius 3 is 1.44 bits per heavy atom. The van der Waals surface area contributed by atoms with Gasteiger partial charge in [-0.1, -0.05) is 52.7 Å². The number of nitrogens with one attached hydrogen (secondary N) is 2. The number of nitrogens with zero attached hydrogens (tertiary/aromatic N) is 2. The van der Waals surface area contributed by atoms with E-state index in [-0.39, 0.29) is 55.3 Å². The Balaban J connectivity index is 0.00000612. The molecule has 2 rings (SSSR count). The van der Waals surface area contributed by atoms with Gasteiger partial charge in [0.15, 0.2) is 11.6 Å². The number of carbonyl (C=O) groups is 2. The quantitative estimate of drug-likeness (QED) is 0.121. The average molecular weight is 658 g/mol. The fraction of sp³-hybridized carbons (Fsp3) is 0.500. The normalized spacial score (nSPS) is 17.3. The largest absolute Gasteiger partial charge is 3.00 e. The first-order valence-electron chi connectivity index (χ1n) is 12.4. The zero-order valence-corrected chi connectivity index (χ0v) is 26.7. The summed E-state index contributed by atoms with van der Waals surface area (Å²) < 4.78 is 0. The van der Waals surface area contributed by atoms with Crippen LogP contribution in [0.5, 0.6) is 0 Å².